The van der Waals surface area contributed by atoms with E-state index < -0.39 is 27.4 Å². The molecule has 7 nitrogen and oxygen atoms in total. The predicted molar refractivity (Wildman–Crippen MR) is 169 cm³/mol. The molecule has 2 aromatic carbocycles. The van der Waals surface area contributed by atoms with Crippen molar-refractivity contribution in [1.29, 1.82) is 0 Å². The number of carbonyl (C=O) groups excluding carboxylic acids is 3. The van der Waals surface area contributed by atoms with Crippen molar-refractivity contribution in [2.45, 2.75) is 61.2 Å². The number of carbonyl (C=O) groups is 3. The Morgan fingerprint density at radius 2 is 1.33 bits per heavy atom. The molecule has 2 fully saturated rings. The summed E-state index contributed by atoms with van der Waals surface area (Å²) >= 11 is 1.64. The van der Waals surface area contributed by atoms with Gasteiger partial charge in [0.25, 0.3) is 0 Å². The Balaban J connectivity index is 1.36. The number of hydrogen-bond donors (Lipinski definition) is 1. The van der Waals surface area contributed by atoms with Crippen LogP contribution in [0.1, 0.15) is 43.7 Å². The summed E-state index contributed by atoms with van der Waals surface area (Å²) in [6.45, 7) is 4.59. The highest BCUT2D eigenvalue weighted by Crippen LogP contribution is 2.65. The normalized spacial score (nSPS) is 29.9. The fourth-order valence-corrected chi connectivity index (χ4v) is 9.66. The molecule has 0 radical (unpaired) electrons. The molecule has 0 bridgehead atoms. The predicted octanol–water partition coefficient (Wildman–Crippen LogP) is 4.42. The molecule has 1 spiro atoms. The lowest BCUT2D eigenvalue weighted by Crippen LogP contribution is -2.53. The highest BCUT2D eigenvalue weighted by molar-refractivity contribution is 8.02. The Kier molecular flexibility index (Phi) is 8.51. The molecule has 2 saturated heterocycles. The van der Waals surface area contributed by atoms with Gasteiger partial charge in [-0.05, 0) is 30.9 Å². The van der Waals surface area contributed by atoms with E-state index in [-0.39, 0.29) is 24.3 Å². The topological polar surface area (TPSA) is 81.2 Å². The molecule has 1 unspecified atom stereocenters. The van der Waals surface area contributed by atoms with Crippen LogP contribution < -0.4 is 0 Å². The minimum Gasteiger partial charge on any atom is -0.396 e. The summed E-state index contributed by atoms with van der Waals surface area (Å²) < 4.78 is -1.45. The Labute approximate surface area is 258 Å². The lowest BCUT2D eigenvalue weighted by Gasteiger charge is -2.37. The van der Waals surface area contributed by atoms with Crippen molar-refractivity contribution in [3.63, 3.8) is 0 Å². The number of rotatable bonds is 10. The molecule has 1 N–H and O–H groups in total. The molecule has 6 rings (SSSR count). The van der Waals surface area contributed by atoms with Crippen molar-refractivity contribution in [3.05, 3.63) is 96.1 Å². The van der Waals surface area contributed by atoms with E-state index in [1.54, 1.807) is 16.7 Å². The number of benzene rings is 2. The van der Waals surface area contributed by atoms with Gasteiger partial charge in [-0.15, -0.1) is 11.8 Å². The smallest absolute Gasteiger partial charge is 0.247 e. The van der Waals surface area contributed by atoms with Gasteiger partial charge in [0.05, 0.1) is 16.6 Å². The summed E-state index contributed by atoms with van der Waals surface area (Å²) in [5, 5.41) is 9.23. The second-order valence-electron chi connectivity index (χ2n) is 12.4. The number of aliphatic hydroxyl groups is 1. The molecule has 3 amide bonds. The number of fused-ring (bicyclic) bond motifs is 2. The molecular weight excluding hydrogens is 558 g/mol. The third kappa shape index (κ3) is 5.44. The van der Waals surface area contributed by atoms with E-state index in [1.807, 2.05) is 76.5 Å². The van der Waals surface area contributed by atoms with Gasteiger partial charge in [0, 0.05) is 44.1 Å². The first-order chi connectivity index (χ1) is 20.9. The molecule has 0 aliphatic carbocycles. The van der Waals surface area contributed by atoms with Gasteiger partial charge in [-0.3, -0.25) is 14.4 Å². The van der Waals surface area contributed by atoms with Crippen molar-refractivity contribution in [2.75, 3.05) is 26.2 Å². The fourth-order valence-electron chi connectivity index (χ4n) is 7.50. The average Bonchev–Trinajstić information content (AvgIpc) is 3.28. The molecule has 4 heterocycles. The van der Waals surface area contributed by atoms with E-state index in [1.165, 1.54) is 0 Å². The number of aliphatic hydroxyl groups excluding tert-OH is 1. The molecule has 5 atom stereocenters. The van der Waals surface area contributed by atoms with E-state index >= 15 is 0 Å². The maximum atomic E-state index is 14.6. The van der Waals surface area contributed by atoms with Crippen LogP contribution in [0.25, 0.3) is 0 Å². The van der Waals surface area contributed by atoms with E-state index in [2.05, 4.69) is 25.2 Å². The molecular formula is C35H41N3O4S. The summed E-state index contributed by atoms with van der Waals surface area (Å²) in [5.41, 5.74) is 2.09. The van der Waals surface area contributed by atoms with Gasteiger partial charge in [-0.2, -0.15) is 0 Å². The number of thioether (sulfide) groups is 1. The van der Waals surface area contributed by atoms with Crippen molar-refractivity contribution in [2.24, 2.45) is 11.8 Å². The highest BCUT2D eigenvalue weighted by Gasteiger charge is 2.73. The van der Waals surface area contributed by atoms with Crippen molar-refractivity contribution >= 4 is 29.5 Å². The lowest BCUT2D eigenvalue weighted by atomic mass is 9.74. The van der Waals surface area contributed by atoms with Gasteiger partial charge in [0.2, 0.25) is 17.7 Å². The number of nitrogens with zero attached hydrogens (tertiary/aromatic N) is 3. The van der Waals surface area contributed by atoms with Crippen LogP contribution in [0.2, 0.25) is 0 Å². The maximum absolute atomic E-state index is 14.6. The number of amides is 3. The largest absolute Gasteiger partial charge is 0.396 e. The van der Waals surface area contributed by atoms with Gasteiger partial charge in [-0.25, -0.2) is 0 Å². The zero-order chi connectivity index (χ0) is 30.0. The highest BCUT2D eigenvalue weighted by atomic mass is 32.2. The van der Waals surface area contributed by atoms with E-state index in [0.717, 1.165) is 36.8 Å². The minimum absolute atomic E-state index is 0.0196. The van der Waals surface area contributed by atoms with E-state index in [0.29, 0.717) is 32.7 Å². The zero-order valence-corrected chi connectivity index (χ0v) is 25.6. The number of likely N-dealkylation sites (tertiary alicyclic amines) is 1. The van der Waals surface area contributed by atoms with Gasteiger partial charge < -0.3 is 19.8 Å². The van der Waals surface area contributed by atoms with Crippen molar-refractivity contribution < 1.29 is 19.5 Å². The van der Waals surface area contributed by atoms with E-state index in [4.69, 9.17) is 0 Å². The Morgan fingerprint density at radius 3 is 1.95 bits per heavy atom. The SMILES string of the molecule is C[C@]12C=CCN(Cc3ccccc3)C(=O)[C@H]1[C@H]1C(=O)N(CCCCCCO)C3C(=O)N(Cc4ccccc4)CC=C[C@@]31S2. The third-order valence-electron chi connectivity index (χ3n) is 9.46. The zero-order valence-electron chi connectivity index (χ0n) is 24.8. The van der Waals surface area contributed by atoms with Gasteiger partial charge >= 0.3 is 0 Å². The summed E-state index contributed by atoms with van der Waals surface area (Å²) in [4.78, 5) is 49.1. The molecule has 8 heteroatoms. The van der Waals surface area contributed by atoms with E-state index in [9.17, 15) is 19.5 Å². The quantitative estimate of drug-likeness (QED) is 0.323. The van der Waals surface area contributed by atoms with Crippen LogP contribution >= 0.6 is 11.8 Å². The molecule has 226 valence electrons. The standard InChI is InChI=1S/C35H41N3O4S/c1-34-18-12-20-36(24-26-14-6-4-7-15-26)31(40)28(34)29-32(41)38(22-10-2-3-11-23-39)30-33(42)37(21-13-19-35(29,30)43-34)25-27-16-8-5-9-17-27/h4-9,12-19,28-30,39H,2-3,10-11,20-25H2,1H3/t28-,29+,30?,34+,35+/m1/s1. The van der Waals surface area contributed by atoms with Crippen LogP contribution in [0.5, 0.6) is 0 Å². The molecule has 2 aromatic rings. The van der Waals surface area contributed by atoms with Crippen LogP contribution in [0.4, 0.5) is 0 Å². The first kappa shape index (κ1) is 29.7. The lowest BCUT2D eigenvalue weighted by molar-refractivity contribution is -0.145. The molecule has 43 heavy (non-hydrogen) atoms. The summed E-state index contributed by atoms with van der Waals surface area (Å²) in [6.07, 6.45) is 11.5. The second kappa shape index (κ2) is 12.3. The van der Waals surface area contributed by atoms with Crippen LogP contribution in [0.3, 0.4) is 0 Å². The monoisotopic (exact) mass is 599 g/mol. The van der Waals surface area contributed by atoms with Gasteiger partial charge in [-0.1, -0.05) is 97.8 Å². The third-order valence-corrected chi connectivity index (χ3v) is 11.3. The van der Waals surface area contributed by atoms with Crippen LogP contribution in [0.15, 0.2) is 85.0 Å². The summed E-state index contributed by atoms with van der Waals surface area (Å²) in [6, 6.07) is 19.2. The first-order valence-electron chi connectivity index (χ1n) is 15.5. The molecule has 4 aliphatic heterocycles. The van der Waals surface area contributed by atoms with Gasteiger partial charge in [0.15, 0.2) is 0 Å². The van der Waals surface area contributed by atoms with Crippen molar-refractivity contribution in [1.82, 2.24) is 14.7 Å². The number of unbranched alkanes of at least 4 members (excludes halogenated alkanes) is 3. The average molecular weight is 600 g/mol. The second-order valence-corrected chi connectivity index (χ2v) is 14.2. The Morgan fingerprint density at radius 1 is 0.744 bits per heavy atom. The van der Waals surface area contributed by atoms with Crippen molar-refractivity contribution in [3.8, 4) is 0 Å². The molecule has 0 aromatic heterocycles. The van der Waals surface area contributed by atoms with Gasteiger partial charge in [0.1, 0.15) is 6.04 Å². The molecule has 4 aliphatic rings. The maximum Gasteiger partial charge on any atom is 0.247 e. The molecule has 0 saturated carbocycles. The number of hydrogen-bond acceptors (Lipinski definition) is 5. The fraction of sp³-hybridized carbons (Fsp3) is 0.457. The van der Waals surface area contributed by atoms with Crippen LogP contribution in [-0.4, -0.2) is 79.3 Å². The Hall–Kier alpha value is -3.36. The Bertz CT molecular complexity index is 1400. The van der Waals surface area contributed by atoms with Crippen LogP contribution in [-0.2, 0) is 27.5 Å². The minimum atomic E-state index is -0.833. The summed E-state index contributed by atoms with van der Waals surface area (Å²) in [5.74, 6) is -1.36. The first-order valence-corrected chi connectivity index (χ1v) is 16.3. The van der Waals surface area contributed by atoms with Crippen LogP contribution in [0, 0.1) is 11.8 Å². The summed E-state index contributed by atoms with van der Waals surface area (Å²) in [7, 11) is 0.